The van der Waals surface area contributed by atoms with Crippen LogP contribution >= 0.6 is 0 Å². The van der Waals surface area contributed by atoms with Gasteiger partial charge in [-0.05, 0) is 30.5 Å². The second kappa shape index (κ2) is 4.89. The maximum atomic E-state index is 13.2. The lowest BCUT2D eigenvalue weighted by Gasteiger charge is -2.36. The fourth-order valence-corrected chi connectivity index (χ4v) is 2.21. The van der Waals surface area contributed by atoms with Gasteiger partial charge >= 0.3 is 6.09 Å². The Bertz CT molecular complexity index is 467. The Morgan fingerprint density at radius 1 is 1.33 bits per heavy atom. The number of aliphatic hydroxyl groups excluding tert-OH is 1. The molecule has 0 saturated carbocycles. The molecule has 1 aliphatic heterocycles. The Morgan fingerprint density at radius 2 is 2.06 bits per heavy atom. The predicted molar refractivity (Wildman–Crippen MR) is 59.1 cm³/mol. The van der Waals surface area contributed by atoms with Gasteiger partial charge in [-0.2, -0.15) is 0 Å². The first-order valence-corrected chi connectivity index (χ1v) is 5.61. The molecule has 1 aromatic carbocycles. The van der Waals surface area contributed by atoms with Crippen molar-refractivity contribution >= 4 is 6.09 Å². The summed E-state index contributed by atoms with van der Waals surface area (Å²) in [6.45, 7) is 0.181. The van der Waals surface area contributed by atoms with E-state index in [-0.39, 0.29) is 13.0 Å². The average molecular weight is 257 g/mol. The molecule has 2 rings (SSSR count). The first-order chi connectivity index (χ1) is 8.49. The summed E-state index contributed by atoms with van der Waals surface area (Å²) in [6, 6.07) is 2.65. The fraction of sp³-hybridized carbons (Fsp3) is 0.417. The second-order valence-electron chi connectivity index (χ2n) is 4.34. The average Bonchev–Trinajstić information content (AvgIpc) is 2.32. The van der Waals surface area contributed by atoms with E-state index < -0.39 is 29.9 Å². The van der Waals surface area contributed by atoms with Gasteiger partial charge in [0, 0.05) is 6.54 Å². The maximum Gasteiger partial charge on any atom is 0.407 e. The molecule has 1 aromatic rings. The molecule has 1 heterocycles. The smallest absolute Gasteiger partial charge is 0.407 e. The molecule has 0 aliphatic carbocycles. The second-order valence-corrected chi connectivity index (χ2v) is 4.34. The molecule has 2 atom stereocenters. The number of amides is 1. The molecule has 0 unspecified atom stereocenters. The van der Waals surface area contributed by atoms with Crippen LogP contribution in [0.25, 0.3) is 0 Å². The van der Waals surface area contributed by atoms with E-state index in [9.17, 15) is 18.7 Å². The third-order valence-electron chi connectivity index (χ3n) is 3.15. The van der Waals surface area contributed by atoms with Crippen molar-refractivity contribution in [3.05, 3.63) is 35.4 Å². The van der Waals surface area contributed by atoms with Crippen LogP contribution in [0.4, 0.5) is 13.6 Å². The molecule has 1 aliphatic rings. The van der Waals surface area contributed by atoms with Crippen molar-refractivity contribution in [3.63, 3.8) is 0 Å². The van der Waals surface area contributed by atoms with E-state index in [1.165, 1.54) is 6.07 Å². The number of carboxylic acid groups (broad SMARTS) is 1. The summed E-state index contributed by atoms with van der Waals surface area (Å²) in [5.41, 5.74) is 0.357. The van der Waals surface area contributed by atoms with E-state index >= 15 is 0 Å². The van der Waals surface area contributed by atoms with E-state index in [4.69, 9.17) is 5.11 Å². The molecule has 98 valence electrons. The van der Waals surface area contributed by atoms with Gasteiger partial charge in [-0.1, -0.05) is 6.07 Å². The number of rotatable bonds is 1. The lowest BCUT2D eigenvalue weighted by Crippen LogP contribution is -2.41. The molecular weight excluding hydrogens is 244 g/mol. The quantitative estimate of drug-likeness (QED) is 0.810. The molecule has 4 nitrogen and oxygen atoms in total. The van der Waals surface area contributed by atoms with Crippen LogP contribution in [-0.2, 0) is 0 Å². The number of carbonyl (C=O) groups is 1. The number of piperidine rings is 1. The zero-order valence-corrected chi connectivity index (χ0v) is 9.51. The molecule has 1 fully saturated rings. The molecule has 1 amide bonds. The van der Waals surface area contributed by atoms with Crippen molar-refractivity contribution in [2.24, 2.45) is 0 Å². The van der Waals surface area contributed by atoms with Crippen LogP contribution < -0.4 is 0 Å². The van der Waals surface area contributed by atoms with Crippen LogP contribution in [0, 0.1) is 11.6 Å². The highest BCUT2D eigenvalue weighted by Gasteiger charge is 2.32. The molecule has 1 saturated heterocycles. The molecule has 0 spiro atoms. The molecule has 2 N–H and O–H groups in total. The van der Waals surface area contributed by atoms with Gasteiger partial charge in [-0.15, -0.1) is 0 Å². The summed E-state index contributed by atoms with van der Waals surface area (Å²) in [4.78, 5) is 12.2. The van der Waals surface area contributed by atoms with Crippen LogP contribution in [0.5, 0.6) is 0 Å². The molecular formula is C12H13F2NO3. The van der Waals surface area contributed by atoms with Gasteiger partial charge in [0.25, 0.3) is 0 Å². The van der Waals surface area contributed by atoms with Crippen LogP contribution in [-0.4, -0.2) is 33.9 Å². The summed E-state index contributed by atoms with van der Waals surface area (Å²) in [5, 5.41) is 18.6. The van der Waals surface area contributed by atoms with Crippen LogP contribution in [0.1, 0.15) is 24.4 Å². The SMILES string of the molecule is O=C(O)N1CC[C@H](O)C[C@@H]1c1ccc(F)c(F)c1. The third kappa shape index (κ3) is 2.43. The number of hydrogen-bond donors (Lipinski definition) is 2. The zero-order valence-electron chi connectivity index (χ0n) is 9.51. The third-order valence-corrected chi connectivity index (χ3v) is 3.15. The van der Waals surface area contributed by atoms with Gasteiger partial charge in [0.05, 0.1) is 12.1 Å². The van der Waals surface area contributed by atoms with Crippen molar-refractivity contribution in [3.8, 4) is 0 Å². The first-order valence-electron chi connectivity index (χ1n) is 5.61. The molecule has 6 heteroatoms. The monoisotopic (exact) mass is 257 g/mol. The Labute approximate surface area is 102 Å². The van der Waals surface area contributed by atoms with E-state index in [0.717, 1.165) is 17.0 Å². The minimum absolute atomic E-state index is 0.181. The van der Waals surface area contributed by atoms with Gasteiger partial charge in [0.1, 0.15) is 0 Å². The number of nitrogens with zero attached hydrogens (tertiary/aromatic N) is 1. The number of aliphatic hydroxyl groups is 1. The first kappa shape index (κ1) is 12.8. The normalized spacial score (nSPS) is 24.1. The zero-order chi connectivity index (χ0) is 13.3. The van der Waals surface area contributed by atoms with Gasteiger partial charge in [-0.25, -0.2) is 13.6 Å². The Balaban J connectivity index is 2.31. The molecule has 0 radical (unpaired) electrons. The topological polar surface area (TPSA) is 60.8 Å². The summed E-state index contributed by atoms with van der Waals surface area (Å²) >= 11 is 0. The lowest BCUT2D eigenvalue weighted by molar-refractivity contribution is 0.0423. The van der Waals surface area contributed by atoms with Crippen molar-refractivity contribution in [2.45, 2.75) is 25.0 Å². The minimum atomic E-state index is -1.13. The predicted octanol–water partition coefficient (Wildman–Crippen LogP) is 2.14. The lowest BCUT2D eigenvalue weighted by atomic mass is 9.93. The van der Waals surface area contributed by atoms with Gasteiger partial charge in [0.15, 0.2) is 11.6 Å². The summed E-state index contributed by atoms with van der Waals surface area (Å²) in [7, 11) is 0. The highest BCUT2D eigenvalue weighted by molar-refractivity contribution is 5.66. The van der Waals surface area contributed by atoms with Crippen molar-refractivity contribution < 1.29 is 23.8 Å². The number of halogens is 2. The maximum absolute atomic E-state index is 13.2. The van der Waals surface area contributed by atoms with Crippen LogP contribution in [0.3, 0.4) is 0 Å². The summed E-state index contributed by atoms with van der Waals surface area (Å²) < 4.78 is 26.0. The largest absolute Gasteiger partial charge is 0.465 e. The molecule has 18 heavy (non-hydrogen) atoms. The van der Waals surface area contributed by atoms with Crippen molar-refractivity contribution in [1.29, 1.82) is 0 Å². The molecule has 0 bridgehead atoms. The van der Waals surface area contributed by atoms with Crippen molar-refractivity contribution in [1.82, 2.24) is 4.90 Å². The highest BCUT2D eigenvalue weighted by Crippen LogP contribution is 2.31. The molecule has 0 aromatic heterocycles. The van der Waals surface area contributed by atoms with E-state index in [1.54, 1.807) is 0 Å². The number of likely N-dealkylation sites (tertiary alicyclic amines) is 1. The standard InChI is InChI=1S/C12H13F2NO3/c13-9-2-1-7(5-10(9)14)11-6-8(16)3-4-15(11)12(17)18/h1-2,5,8,11,16H,3-4,6H2,(H,17,18)/t8-,11+/m0/s1. The Hall–Kier alpha value is -1.69. The summed E-state index contributed by atoms with van der Waals surface area (Å²) in [5.74, 6) is -1.99. The van der Waals surface area contributed by atoms with Gasteiger partial charge < -0.3 is 15.1 Å². The van der Waals surface area contributed by atoms with E-state index in [0.29, 0.717) is 12.0 Å². The Kier molecular flexibility index (Phi) is 3.47. The Morgan fingerprint density at radius 3 is 2.67 bits per heavy atom. The van der Waals surface area contributed by atoms with E-state index in [2.05, 4.69) is 0 Å². The fourth-order valence-electron chi connectivity index (χ4n) is 2.21. The summed E-state index contributed by atoms with van der Waals surface area (Å²) in [6.07, 6.45) is -1.21. The van der Waals surface area contributed by atoms with Crippen LogP contribution in [0.15, 0.2) is 18.2 Å². The highest BCUT2D eigenvalue weighted by atomic mass is 19.2. The number of benzene rings is 1. The van der Waals surface area contributed by atoms with Gasteiger partial charge in [0.2, 0.25) is 0 Å². The van der Waals surface area contributed by atoms with Crippen LogP contribution in [0.2, 0.25) is 0 Å². The van der Waals surface area contributed by atoms with E-state index in [1.807, 2.05) is 0 Å². The van der Waals surface area contributed by atoms with Gasteiger partial charge in [-0.3, -0.25) is 0 Å². The number of hydrogen-bond acceptors (Lipinski definition) is 2. The van der Waals surface area contributed by atoms with Crippen molar-refractivity contribution in [2.75, 3.05) is 6.54 Å². The minimum Gasteiger partial charge on any atom is -0.465 e.